The molecule has 1 aromatic carbocycles. The van der Waals surface area contributed by atoms with Gasteiger partial charge in [-0.15, -0.1) is 0 Å². The SMILES string of the molecule is Cc1cc(F)ccc1C(CN)N1CCSC(C)C1C. The first-order valence-corrected chi connectivity index (χ1v) is 7.93. The van der Waals surface area contributed by atoms with Gasteiger partial charge in [-0.2, -0.15) is 11.8 Å². The Bertz CT molecular complexity index is 438. The summed E-state index contributed by atoms with van der Waals surface area (Å²) in [6.45, 7) is 8.13. The number of hydrogen-bond donors (Lipinski definition) is 1. The predicted molar refractivity (Wildman–Crippen MR) is 81.0 cm³/mol. The van der Waals surface area contributed by atoms with Gasteiger partial charge < -0.3 is 5.73 Å². The molecule has 0 radical (unpaired) electrons. The third-order valence-electron chi connectivity index (χ3n) is 4.15. The molecule has 2 rings (SSSR count). The van der Waals surface area contributed by atoms with E-state index in [9.17, 15) is 4.39 Å². The number of halogens is 1. The molecule has 3 atom stereocenters. The van der Waals surface area contributed by atoms with Crippen LogP contribution in [-0.2, 0) is 0 Å². The molecule has 0 aromatic heterocycles. The van der Waals surface area contributed by atoms with Gasteiger partial charge in [0.05, 0.1) is 0 Å². The minimum Gasteiger partial charge on any atom is -0.329 e. The van der Waals surface area contributed by atoms with Gasteiger partial charge in [0.2, 0.25) is 0 Å². The summed E-state index contributed by atoms with van der Waals surface area (Å²) in [5.41, 5.74) is 8.16. The van der Waals surface area contributed by atoms with Gasteiger partial charge in [0, 0.05) is 36.2 Å². The summed E-state index contributed by atoms with van der Waals surface area (Å²) in [6, 6.07) is 5.72. The third-order valence-corrected chi connectivity index (χ3v) is 5.49. The zero-order chi connectivity index (χ0) is 14.0. The standard InChI is InChI=1S/C15H23FN2S/c1-10-8-13(16)4-5-14(10)15(9-17)18-6-7-19-12(3)11(18)2/h4-5,8,11-12,15H,6-7,9,17H2,1-3H3. The minimum atomic E-state index is -0.173. The zero-order valence-corrected chi connectivity index (χ0v) is 12.7. The highest BCUT2D eigenvalue weighted by Crippen LogP contribution is 2.32. The van der Waals surface area contributed by atoms with E-state index in [0.29, 0.717) is 17.8 Å². The van der Waals surface area contributed by atoms with E-state index >= 15 is 0 Å². The van der Waals surface area contributed by atoms with Crippen molar-refractivity contribution in [3.8, 4) is 0 Å². The molecule has 19 heavy (non-hydrogen) atoms. The number of benzene rings is 1. The summed E-state index contributed by atoms with van der Waals surface area (Å²) in [5, 5.41) is 0.614. The van der Waals surface area contributed by atoms with Crippen molar-refractivity contribution in [3.63, 3.8) is 0 Å². The molecule has 4 heteroatoms. The van der Waals surface area contributed by atoms with Gasteiger partial charge in [0.15, 0.2) is 0 Å². The fraction of sp³-hybridized carbons (Fsp3) is 0.600. The molecule has 1 saturated heterocycles. The molecule has 0 spiro atoms. The smallest absolute Gasteiger partial charge is 0.123 e. The lowest BCUT2D eigenvalue weighted by Gasteiger charge is -2.42. The molecule has 1 fully saturated rings. The van der Waals surface area contributed by atoms with E-state index in [1.807, 2.05) is 24.8 Å². The van der Waals surface area contributed by atoms with Crippen molar-refractivity contribution in [2.75, 3.05) is 18.8 Å². The van der Waals surface area contributed by atoms with E-state index in [2.05, 4.69) is 18.7 Å². The molecule has 0 saturated carbocycles. The van der Waals surface area contributed by atoms with E-state index in [1.54, 1.807) is 6.07 Å². The Kier molecular flexibility index (Phi) is 4.87. The molecular formula is C15H23FN2S. The minimum absolute atomic E-state index is 0.173. The molecule has 1 aliphatic heterocycles. The summed E-state index contributed by atoms with van der Waals surface area (Å²) in [6.07, 6.45) is 0. The third kappa shape index (κ3) is 3.12. The highest BCUT2D eigenvalue weighted by Gasteiger charge is 2.31. The Morgan fingerprint density at radius 3 is 2.84 bits per heavy atom. The van der Waals surface area contributed by atoms with Gasteiger partial charge in [-0.25, -0.2) is 4.39 Å². The van der Waals surface area contributed by atoms with Crippen LogP contribution in [0.1, 0.15) is 31.0 Å². The Labute approximate surface area is 119 Å². The van der Waals surface area contributed by atoms with Crippen LogP contribution in [0.2, 0.25) is 0 Å². The maximum atomic E-state index is 13.2. The number of nitrogens with two attached hydrogens (primary N) is 1. The first-order valence-electron chi connectivity index (χ1n) is 6.88. The summed E-state index contributed by atoms with van der Waals surface area (Å²) < 4.78 is 13.2. The molecule has 1 heterocycles. The van der Waals surface area contributed by atoms with Gasteiger partial charge in [-0.05, 0) is 37.1 Å². The van der Waals surface area contributed by atoms with Gasteiger partial charge >= 0.3 is 0 Å². The summed E-state index contributed by atoms with van der Waals surface area (Å²) in [4.78, 5) is 2.47. The number of thioether (sulfide) groups is 1. The van der Waals surface area contributed by atoms with Gasteiger partial charge in [0.1, 0.15) is 5.82 Å². The van der Waals surface area contributed by atoms with Crippen LogP contribution in [0.5, 0.6) is 0 Å². The van der Waals surface area contributed by atoms with Crippen LogP contribution in [0.25, 0.3) is 0 Å². The van der Waals surface area contributed by atoms with Crippen LogP contribution >= 0.6 is 11.8 Å². The van der Waals surface area contributed by atoms with Crippen LogP contribution in [0.15, 0.2) is 18.2 Å². The van der Waals surface area contributed by atoms with E-state index in [0.717, 1.165) is 23.4 Å². The highest BCUT2D eigenvalue weighted by atomic mass is 32.2. The van der Waals surface area contributed by atoms with Gasteiger partial charge in [-0.3, -0.25) is 4.90 Å². The van der Waals surface area contributed by atoms with Crippen LogP contribution in [0.4, 0.5) is 4.39 Å². The number of nitrogens with zero attached hydrogens (tertiary/aromatic N) is 1. The second kappa shape index (κ2) is 6.25. The van der Waals surface area contributed by atoms with Crippen molar-refractivity contribution in [2.45, 2.75) is 38.1 Å². The van der Waals surface area contributed by atoms with Crippen molar-refractivity contribution >= 4 is 11.8 Å². The lowest BCUT2D eigenvalue weighted by Crippen LogP contribution is -2.48. The molecule has 0 aliphatic carbocycles. The molecule has 2 nitrogen and oxygen atoms in total. The molecule has 1 aromatic rings. The van der Waals surface area contributed by atoms with Crippen LogP contribution in [0.3, 0.4) is 0 Å². The normalized spacial score (nSPS) is 26.4. The maximum absolute atomic E-state index is 13.2. The number of rotatable bonds is 3. The van der Waals surface area contributed by atoms with Gasteiger partial charge in [0.25, 0.3) is 0 Å². The first kappa shape index (κ1) is 14.8. The molecule has 2 N–H and O–H groups in total. The predicted octanol–water partition coefficient (Wildman–Crippen LogP) is 2.96. The fourth-order valence-corrected chi connectivity index (χ4v) is 3.97. The Hall–Kier alpha value is -0.580. The molecule has 0 amide bonds. The molecule has 106 valence electrons. The van der Waals surface area contributed by atoms with Crippen molar-refractivity contribution in [3.05, 3.63) is 35.1 Å². The van der Waals surface area contributed by atoms with E-state index in [-0.39, 0.29) is 11.9 Å². The van der Waals surface area contributed by atoms with Crippen LogP contribution in [-0.4, -0.2) is 35.0 Å². The number of hydrogen-bond acceptors (Lipinski definition) is 3. The van der Waals surface area contributed by atoms with E-state index in [1.165, 1.54) is 6.07 Å². The maximum Gasteiger partial charge on any atom is 0.123 e. The topological polar surface area (TPSA) is 29.3 Å². The Morgan fingerprint density at radius 1 is 1.47 bits per heavy atom. The van der Waals surface area contributed by atoms with Crippen molar-refractivity contribution in [2.24, 2.45) is 5.73 Å². The second-order valence-corrected chi connectivity index (χ2v) is 6.79. The Morgan fingerprint density at radius 2 is 2.21 bits per heavy atom. The molecule has 3 unspecified atom stereocenters. The van der Waals surface area contributed by atoms with Crippen molar-refractivity contribution in [1.82, 2.24) is 4.90 Å². The van der Waals surface area contributed by atoms with Crippen LogP contribution < -0.4 is 5.73 Å². The second-order valence-electron chi connectivity index (χ2n) is 5.31. The van der Waals surface area contributed by atoms with Crippen molar-refractivity contribution < 1.29 is 4.39 Å². The lowest BCUT2D eigenvalue weighted by atomic mass is 9.98. The summed E-state index contributed by atoms with van der Waals surface area (Å²) in [5.74, 6) is 0.968. The fourth-order valence-electron chi connectivity index (χ4n) is 2.85. The quantitative estimate of drug-likeness (QED) is 0.924. The van der Waals surface area contributed by atoms with Gasteiger partial charge in [-0.1, -0.05) is 13.0 Å². The zero-order valence-electron chi connectivity index (χ0n) is 11.9. The van der Waals surface area contributed by atoms with E-state index in [4.69, 9.17) is 5.73 Å². The largest absolute Gasteiger partial charge is 0.329 e. The Balaban J connectivity index is 2.28. The highest BCUT2D eigenvalue weighted by molar-refractivity contribution is 8.00. The van der Waals surface area contributed by atoms with Crippen LogP contribution in [0, 0.1) is 12.7 Å². The number of aryl methyl sites for hydroxylation is 1. The molecular weight excluding hydrogens is 259 g/mol. The average molecular weight is 282 g/mol. The van der Waals surface area contributed by atoms with E-state index < -0.39 is 0 Å². The summed E-state index contributed by atoms with van der Waals surface area (Å²) >= 11 is 2.02. The summed E-state index contributed by atoms with van der Waals surface area (Å²) in [7, 11) is 0. The van der Waals surface area contributed by atoms with Crippen molar-refractivity contribution in [1.29, 1.82) is 0 Å². The molecule has 0 bridgehead atoms. The average Bonchev–Trinajstić information content (AvgIpc) is 2.37. The first-order chi connectivity index (χ1) is 9.04. The molecule has 1 aliphatic rings. The lowest BCUT2D eigenvalue weighted by molar-refractivity contribution is 0.150. The monoisotopic (exact) mass is 282 g/mol.